The van der Waals surface area contributed by atoms with E-state index in [1.807, 2.05) is 12.1 Å². The van der Waals surface area contributed by atoms with Gasteiger partial charge in [0.25, 0.3) is 0 Å². The van der Waals surface area contributed by atoms with Crippen LogP contribution in [0.2, 0.25) is 5.02 Å². The molecule has 186 valence electrons. The molecular weight excluding hydrogens is 495 g/mol. The number of hydrogen-bond donors (Lipinski definition) is 3. The van der Waals surface area contributed by atoms with Gasteiger partial charge in [-0.1, -0.05) is 17.7 Å². The van der Waals surface area contributed by atoms with E-state index >= 15 is 0 Å². The largest absolute Gasteiger partial charge is 0.487 e. The quantitative estimate of drug-likeness (QED) is 0.370. The molecule has 2 aromatic carbocycles. The lowest BCUT2D eigenvalue weighted by Crippen LogP contribution is -2.44. The SMILES string of the molecule is O=S(=O)(c1ccc(NC(O)NCc2cccnc2)cc1)N1CCCC(Oc2ccc(F)cc2Cl)C1. The van der Waals surface area contributed by atoms with Crippen LogP contribution in [-0.4, -0.2) is 48.4 Å². The lowest BCUT2D eigenvalue weighted by molar-refractivity contribution is 0.130. The molecule has 4 rings (SSSR count). The second-order valence-corrected chi connectivity index (χ2v) is 10.5. The number of pyridine rings is 1. The number of nitrogens with zero attached hydrogens (tertiary/aromatic N) is 2. The van der Waals surface area contributed by atoms with Crippen LogP contribution >= 0.6 is 11.6 Å². The zero-order valence-electron chi connectivity index (χ0n) is 18.8. The molecule has 0 bridgehead atoms. The van der Waals surface area contributed by atoms with Gasteiger partial charge in [0.15, 0.2) is 6.35 Å². The Morgan fingerprint density at radius 1 is 1.23 bits per heavy atom. The summed E-state index contributed by atoms with van der Waals surface area (Å²) in [6, 6.07) is 13.7. The lowest BCUT2D eigenvalue weighted by atomic mass is 10.1. The Labute approximate surface area is 208 Å². The Morgan fingerprint density at radius 3 is 2.74 bits per heavy atom. The lowest BCUT2D eigenvalue weighted by Gasteiger charge is -2.32. The zero-order chi connectivity index (χ0) is 24.8. The minimum absolute atomic E-state index is 0.140. The van der Waals surface area contributed by atoms with Crippen LogP contribution < -0.4 is 15.4 Å². The number of benzene rings is 2. The predicted octanol–water partition coefficient (Wildman–Crippen LogP) is 3.58. The Hall–Kier alpha value is -2.76. The summed E-state index contributed by atoms with van der Waals surface area (Å²) in [6.45, 7) is 0.944. The van der Waals surface area contributed by atoms with Crippen molar-refractivity contribution >= 4 is 27.3 Å². The van der Waals surface area contributed by atoms with Gasteiger partial charge in [0.1, 0.15) is 17.7 Å². The summed E-state index contributed by atoms with van der Waals surface area (Å²) in [5.74, 6) is -0.145. The first-order valence-corrected chi connectivity index (χ1v) is 12.9. The molecule has 1 fully saturated rings. The highest BCUT2D eigenvalue weighted by atomic mass is 35.5. The highest BCUT2D eigenvalue weighted by Crippen LogP contribution is 2.29. The Balaban J connectivity index is 1.35. The van der Waals surface area contributed by atoms with Crippen LogP contribution in [0.4, 0.5) is 10.1 Å². The molecule has 0 radical (unpaired) electrons. The maximum atomic E-state index is 13.3. The van der Waals surface area contributed by atoms with E-state index in [-0.39, 0.29) is 16.5 Å². The van der Waals surface area contributed by atoms with Gasteiger partial charge in [-0.25, -0.2) is 12.8 Å². The van der Waals surface area contributed by atoms with E-state index in [0.29, 0.717) is 37.4 Å². The summed E-state index contributed by atoms with van der Waals surface area (Å²) in [4.78, 5) is 4.16. The summed E-state index contributed by atoms with van der Waals surface area (Å²) in [7, 11) is -3.75. The van der Waals surface area contributed by atoms with Crippen LogP contribution in [0.25, 0.3) is 0 Å². The van der Waals surface area contributed by atoms with Crippen molar-refractivity contribution in [1.29, 1.82) is 0 Å². The molecule has 3 aromatic rings. The molecule has 2 heterocycles. The molecule has 1 aromatic heterocycles. The topological polar surface area (TPSA) is 104 Å². The molecule has 11 heteroatoms. The molecular formula is C24H26ClFN4O4S. The van der Waals surface area contributed by atoms with Gasteiger partial charge in [-0.3, -0.25) is 10.3 Å². The molecule has 0 amide bonds. The van der Waals surface area contributed by atoms with Gasteiger partial charge in [-0.2, -0.15) is 4.31 Å². The summed E-state index contributed by atoms with van der Waals surface area (Å²) >= 11 is 6.04. The molecule has 0 saturated carbocycles. The molecule has 2 atom stereocenters. The number of anilines is 1. The van der Waals surface area contributed by atoms with Gasteiger partial charge in [-0.15, -0.1) is 0 Å². The standard InChI is InChI=1S/C24H26ClFN4O4S/c25-22-13-18(26)5-10-23(22)34-20-4-2-12-30(16-20)35(32,33)21-8-6-19(7-9-21)29-24(31)28-15-17-3-1-11-27-14-17/h1,3,5-11,13-14,20,24,28-29,31H,2,4,12,15-16H2. The molecule has 1 saturated heterocycles. The maximum absolute atomic E-state index is 13.3. The number of piperidine rings is 1. The van der Waals surface area contributed by atoms with Crippen molar-refractivity contribution in [3.8, 4) is 5.75 Å². The first-order valence-electron chi connectivity index (χ1n) is 11.1. The fourth-order valence-corrected chi connectivity index (χ4v) is 5.49. The smallest absolute Gasteiger partial charge is 0.243 e. The van der Waals surface area contributed by atoms with Gasteiger partial charge in [0.05, 0.1) is 16.5 Å². The van der Waals surface area contributed by atoms with Crippen LogP contribution in [0.15, 0.2) is 71.9 Å². The molecule has 0 spiro atoms. The third-order valence-corrected chi connectivity index (χ3v) is 7.72. The number of aliphatic hydroxyl groups excluding tert-OH is 1. The van der Waals surface area contributed by atoms with Crippen molar-refractivity contribution in [3.05, 3.63) is 83.4 Å². The van der Waals surface area contributed by atoms with E-state index in [1.165, 1.54) is 28.6 Å². The van der Waals surface area contributed by atoms with Gasteiger partial charge in [0.2, 0.25) is 10.0 Å². The van der Waals surface area contributed by atoms with Gasteiger partial charge >= 0.3 is 0 Å². The number of aliphatic hydroxyl groups is 1. The highest BCUT2D eigenvalue weighted by Gasteiger charge is 2.31. The Kier molecular flexibility index (Phi) is 8.19. The normalized spacial score (nSPS) is 17.6. The van der Waals surface area contributed by atoms with Crippen LogP contribution in [-0.2, 0) is 16.6 Å². The van der Waals surface area contributed by atoms with E-state index in [1.54, 1.807) is 24.5 Å². The minimum atomic E-state index is -3.75. The van der Waals surface area contributed by atoms with Crippen molar-refractivity contribution in [1.82, 2.24) is 14.6 Å². The number of halogens is 2. The summed E-state index contributed by atoms with van der Waals surface area (Å²) in [6.07, 6.45) is 3.22. The fraction of sp³-hybridized carbons (Fsp3) is 0.292. The van der Waals surface area contributed by atoms with Crippen LogP contribution in [0.1, 0.15) is 18.4 Å². The first-order chi connectivity index (χ1) is 16.8. The van der Waals surface area contributed by atoms with E-state index in [0.717, 1.165) is 11.6 Å². The Bertz CT molecular complexity index is 1230. The fourth-order valence-electron chi connectivity index (χ4n) is 3.77. The van der Waals surface area contributed by atoms with Crippen molar-refractivity contribution in [2.24, 2.45) is 0 Å². The van der Waals surface area contributed by atoms with Gasteiger partial charge < -0.3 is 15.2 Å². The van der Waals surface area contributed by atoms with Crippen molar-refractivity contribution < 1.29 is 22.7 Å². The summed E-state index contributed by atoms with van der Waals surface area (Å²) in [5.41, 5.74) is 1.47. The number of ether oxygens (including phenoxy) is 1. The second kappa shape index (κ2) is 11.3. The van der Waals surface area contributed by atoms with E-state index in [4.69, 9.17) is 16.3 Å². The predicted molar refractivity (Wildman–Crippen MR) is 131 cm³/mol. The number of aromatic nitrogens is 1. The van der Waals surface area contributed by atoms with Crippen molar-refractivity contribution in [3.63, 3.8) is 0 Å². The number of hydrogen-bond acceptors (Lipinski definition) is 7. The molecule has 1 aliphatic rings. The maximum Gasteiger partial charge on any atom is 0.243 e. The number of rotatable bonds is 9. The van der Waals surface area contributed by atoms with E-state index < -0.39 is 28.3 Å². The van der Waals surface area contributed by atoms with Crippen LogP contribution in [0.5, 0.6) is 5.75 Å². The summed E-state index contributed by atoms with van der Waals surface area (Å²) in [5, 5.41) is 16.1. The summed E-state index contributed by atoms with van der Waals surface area (Å²) < 4.78 is 46.9. The second-order valence-electron chi connectivity index (χ2n) is 8.13. The van der Waals surface area contributed by atoms with Crippen LogP contribution in [0.3, 0.4) is 0 Å². The molecule has 8 nitrogen and oxygen atoms in total. The first kappa shape index (κ1) is 25.3. The van der Waals surface area contributed by atoms with Crippen molar-refractivity contribution in [2.45, 2.75) is 36.7 Å². The molecule has 3 N–H and O–H groups in total. The van der Waals surface area contributed by atoms with Gasteiger partial charge in [-0.05, 0) is 66.9 Å². The average molecular weight is 521 g/mol. The molecule has 0 aliphatic carbocycles. The monoisotopic (exact) mass is 520 g/mol. The van der Waals surface area contributed by atoms with E-state index in [9.17, 15) is 17.9 Å². The van der Waals surface area contributed by atoms with E-state index in [2.05, 4.69) is 15.6 Å². The highest BCUT2D eigenvalue weighted by molar-refractivity contribution is 7.89. The third-order valence-electron chi connectivity index (χ3n) is 5.55. The molecule has 1 aliphatic heterocycles. The average Bonchev–Trinajstić information content (AvgIpc) is 2.86. The minimum Gasteiger partial charge on any atom is -0.487 e. The van der Waals surface area contributed by atoms with Crippen molar-refractivity contribution in [2.75, 3.05) is 18.4 Å². The third kappa shape index (κ3) is 6.68. The van der Waals surface area contributed by atoms with Gasteiger partial charge in [0, 0.05) is 31.2 Å². The van der Waals surface area contributed by atoms with Crippen LogP contribution in [0, 0.1) is 5.82 Å². The number of nitrogens with one attached hydrogen (secondary N) is 2. The Morgan fingerprint density at radius 2 is 2.03 bits per heavy atom. The molecule has 2 unspecified atom stereocenters. The zero-order valence-corrected chi connectivity index (χ0v) is 20.3. The molecule has 35 heavy (non-hydrogen) atoms. The number of sulfonamides is 1.